The number of fused-ring (bicyclic) bond motifs is 1. The van der Waals surface area contributed by atoms with Crippen molar-refractivity contribution in [3.8, 4) is 5.75 Å². The lowest BCUT2D eigenvalue weighted by atomic mass is 10.1. The van der Waals surface area contributed by atoms with Gasteiger partial charge in [0.05, 0.1) is 23.2 Å². The highest BCUT2D eigenvalue weighted by Gasteiger charge is 2.09. The summed E-state index contributed by atoms with van der Waals surface area (Å²) in [6.45, 7) is 6.91. The van der Waals surface area contributed by atoms with Crippen molar-refractivity contribution in [2.75, 3.05) is 12.0 Å². The third-order valence-electron chi connectivity index (χ3n) is 4.08. The maximum atomic E-state index is 12.6. The summed E-state index contributed by atoms with van der Waals surface area (Å²) >= 11 is 0. The Balaban J connectivity index is 1.90. The standard InChI is InChI=1S/C20H22N4O2/c1-4-24-19(25)17-8-6-7-9-18(17)21-20(24)23-22-14(3)15-10-12-16(13-11-15)26-5-2/h6-13H,4-5H2,1-3H3,(H,21,23)/b22-14-. The number of hydrogen-bond donors (Lipinski definition) is 1. The van der Waals surface area contributed by atoms with Crippen LogP contribution in [0.25, 0.3) is 10.9 Å². The molecular weight excluding hydrogens is 328 g/mol. The van der Waals surface area contributed by atoms with E-state index in [9.17, 15) is 4.79 Å². The molecule has 26 heavy (non-hydrogen) atoms. The Morgan fingerprint density at radius 3 is 2.58 bits per heavy atom. The van der Waals surface area contributed by atoms with Crippen LogP contribution in [0, 0.1) is 0 Å². The van der Waals surface area contributed by atoms with Crippen LogP contribution in [0.2, 0.25) is 0 Å². The van der Waals surface area contributed by atoms with Gasteiger partial charge in [0.1, 0.15) is 5.75 Å². The molecule has 6 heteroatoms. The summed E-state index contributed by atoms with van der Waals surface area (Å²) in [6, 6.07) is 15.0. The van der Waals surface area contributed by atoms with Crippen LogP contribution in [0.3, 0.4) is 0 Å². The molecule has 0 aliphatic carbocycles. The van der Waals surface area contributed by atoms with E-state index in [4.69, 9.17) is 4.74 Å². The normalized spacial score (nSPS) is 11.6. The van der Waals surface area contributed by atoms with Gasteiger partial charge in [-0.05, 0) is 62.7 Å². The minimum atomic E-state index is -0.0745. The van der Waals surface area contributed by atoms with Gasteiger partial charge in [-0.1, -0.05) is 12.1 Å². The Labute approximate surface area is 152 Å². The molecule has 0 radical (unpaired) electrons. The molecule has 6 nitrogen and oxygen atoms in total. The highest BCUT2D eigenvalue weighted by atomic mass is 16.5. The predicted molar refractivity (Wildman–Crippen MR) is 105 cm³/mol. The molecule has 0 saturated heterocycles. The number of nitrogens with one attached hydrogen (secondary N) is 1. The van der Waals surface area contributed by atoms with Crippen LogP contribution in [0.15, 0.2) is 58.4 Å². The minimum absolute atomic E-state index is 0.0745. The maximum absolute atomic E-state index is 12.6. The van der Waals surface area contributed by atoms with Gasteiger partial charge >= 0.3 is 0 Å². The smallest absolute Gasteiger partial charge is 0.262 e. The fourth-order valence-electron chi connectivity index (χ4n) is 2.70. The van der Waals surface area contributed by atoms with Gasteiger partial charge in [0.2, 0.25) is 5.95 Å². The molecule has 134 valence electrons. The van der Waals surface area contributed by atoms with E-state index in [-0.39, 0.29) is 5.56 Å². The Bertz CT molecular complexity index is 991. The second-order valence-corrected chi connectivity index (χ2v) is 5.77. The molecule has 1 N–H and O–H groups in total. The van der Waals surface area contributed by atoms with Gasteiger partial charge in [-0.15, -0.1) is 0 Å². The van der Waals surface area contributed by atoms with Gasteiger partial charge in [-0.25, -0.2) is 10.4 Å². The summed E-state index contributed by atoms with van der Waals surface area (Å²) in [7, 11) is 0. The van der Waals surface area contributed by atoms with Crippen molar-refractivity contribution in [2.24, 2.45) is 5.10 Å². The number of aromatic nitrogens is 2. The van der Waals surface area contributed by atoms with Crippen molar-refractivity contribution in [1.29, 1.82) is 0 Å². The first-order valence-electron chi connectivity index (χ1n) is 8.67. The molecule has 0 aliphatic heterocycles. The Morgan fingerprint density at radius 2 is 1.88 bits per heavy atom. The molecule has 0 spiro atoms. The molecule has 1 aromatic heterocycles. The van der Waals surface area contributed by atoms with Gasteiger partial charge in [0.25, 0.3) is 5.56 Å². The Kier molecular flexibility index (Phi) is 5.31. The topological polar surface area (TPSA) is 68.5 Å². The van der Waals surface area contributed by atoms with E-state index in [1.807, 2.05) is 63.2 Å². The summed E-state index contributed by atoms with van der Waals surface area (Å²) < 4.78 is 7.03. The van der Waals surface area contributed by atoms with E-state index in [1.54, 1.807) is 10.6 Å². The average molecular weight is 350 g/mol. The molecule has 0 saturated carbocycles. The van der Waals surface area contributed by atoms with Crippen LogP contribution in [-0.4, -0.2) is 21.9 Å². The molecule has 3 rings (SSSR count). The first-order chi connectivity index (χ1) is 12.6. The third kappa shape index (κ3) is 3.59. The summed E-state index contributed by atoms with van der Waals surface area (Å²) in [5.74, 6) is 1.26. The molecule has 0 atom stereocenters. The number of hydrogen-bond acceptors (Lipinski definition) is 5. The lowest BCUT2D eigenvalue weighted by molar-refractivity contribution is 0.340. The van der Waals surface area contributed by atoms with E-state index < -0.39 is 0 Å². The first kappa shape index (κ1) is 17.7. The fourth-order valence-corrected chi connectivity index (χ4v) is 2.70. The molecule has 2 aromatic carbocycles. The van der Waals surface area contributed by atoms with Gasteiger partial charge in [-0.2, -0.15) is 5.10 Å². The Morgan fingerprint density at radius 1 is 1.15 bits per heavy atom. The zero-order chi connectivity index (χ0) is 18.5. The number of ether oxygens (including phenoxy) is 1. The van der Waals surface area contributed by atoms with Crippen LogP contribution in [0.1, 0.15) is 26.3 Å². The van der Waals surface area contributed by atoms with Crippen molar-refractivity contribution >= 4 is 22.6 Å². The molecule has 1 heterocycles. The fraction of sp³-hybridized carbons (Fsp3) is 0.250. The highest BCUT2D eigenvalue weighted by molar-refractivity contribution is 5.99. The minimum Gasteiger partial charge on any atom is -0.494 e. The number of rotatable bonds is 6. The zero-order valence-electron chi connectivity index (χ0n) is 15.2. The summed E-state index contributed by atoms with van der Waals surface area (Å²) in [6.07, 6.45) is 0. The van der Waals surface area contributed by atoms with E-state index >= 15 is 0 Å². The predicted octanol–water partition coefficient (Wildman–Crippen LogP) is 3.65. The lowest BCUT2D eigenvalue weighted by Crippen LogP contribution is -2.23. The number of anilines is 1. The largest absolute Gasteiger partial charge is 0.494 e. The van der Waals surface area contributed by atoms with E-state index in [0.717, 1.165) is 17.0 Å². The van der Waals surface area contributed by atoms with Gasteiger partial charge in [-0.3, -0.25) is 9.36 Å². The van der Waals surface area contributed by atoms with Gasteiger partial charge in [0, 0.05) is 6.54 Å². The van der Waals surface area contributed by atoms with Crippen molar-refractivity contribution in [2.45, 2.75) is 27.3 Å². The van der Waals surface area contributed by atoms with Crippen molar-refractivity contribution in [3.63, 3.8) is 0 Å². The number of hydrazone groups is 1. The van der Waals surface area contributed by atoms with Crippen molar-refractivity contribution in [1.82, 2.24) is 9.55 Å². The van der Waals surface area contributed by atoms with Crippen LogP contribution >= 0.6 is 0 Å². The second kappa shape index (κ2) is 7.82. The summed E-state index contributed by atoms with van der Waals surface area (Å²) in [5, 5.41) is 5.00. The van der Waals surface area contributed by atoms with Crippen LogP contribution in [0.5, 0.6) is 5.75 Å². The first-order valence-corrected chi connectivity index (χ1v) is 8.67. The maximum Gasteiger partial charge on any atom is 0.262 e. The van der Waals surface area contributed by atoms with Crippen LogP contribution < -0.4 is 15.7 Å². The molecule has 0 fully saturated rings. The van der Waals surface area contributed by atoms with Crippen molar-refractivity contribution in [3.05, 3.63) is 64.4 Å². The summed E-state index contributed by atoms with van der Waals surface area (Å²) in [4.78, 5) is 17.2. The Hall–Kier alpha value is -3.15. The van der Waals surface area contributed by atoms with Gasteiger partial charge < -0.3 is 4.74 Å². The quantitative estimate of drug-likeness (QED) is 0.544. The highest BCUT2D eigenvalue weighted by Crippen LogP contribution is 2.14. The summed E-state index contributed by atoms with van der Waals surface area (Å²) in [5.41, 5.74) is 5.28. The molecule has 3 aromatic rings. The van der Waals surface area contributed by atoms with Crippen molar-refractivity contribution < 1.29 is 4.74 Å². The second-order valence-electron chi connectivity index (χ2n) is 5.77. The zero-order valence-corrected chi connectivity index (χ0v) is 15.2. The molecule has 0 unspecified atom stereocenters. The third-order valence-corrected chi connectivity index (χ3v) is 4.08. The van der Waals surface area contributed by atoms with E-state index in [1.165, 1.54) is 0 Å². The SMILES string of the molecule is CCOc1ccc(/C(C)=N\Nc2nc3ccccc3c(=O)n2CC)cc1. The molecule has 0 amide bonds. The number of para-hydroxylation sites is 1. The van der Waals surface area contributed by atoms with Crippen LogP contribution in [-0.2, 0) is 6.54 Å². The van der Waals surface area contributed by atoms with Crippen LogP contribution in [0.4, 0.5) is 5.95 Å². The van der Waals surface area contributed by atoms with Gasteiger partial charge in [0.15, 0.2) is 0 Å². The lowest BCUT2D eigenvalue weighted by Gasteiger charge is -2.11. The van der Waals surface area contributed by atoms with E-state index in [0.29, 0.717) is 30.0 Å². The average Bonchev–Trinajstić information content (AvgIpc) is 2.67. The van der Waals surface area contributed by atoms with E-state index in [2.05, 4.69) is 15.5 Å². The monoisotopic (exact) mass is 350 g/mol. The molecule has 0 aliphatic rings. The number of nitrogens with zero attached hydrogens (tertiary/aromatic N) is 3. The molecule has 0 bridgehead atoms. The molecular formula is C20H22N4O2. The number of benzene rings is 2.